The molecule has 0 radical (unpaired) electrons. The Labute approximate surface area is 168 Å². The van der Waals surface area contributed by atoms with Gasteiger partial charge in [-0.2, -0.15) is 0 Å². The van der Waals surface area contributed by atoms with E-state index < -0.39 is 11.9 Å². The van der Waals surface area contributed by atoms with E-state index in [0.29, 0.717) is 21.8 Å². The van der Waals surface area contributed by atoms with Gasteiger partial charge in [0.25, 0.3) is 0 Å². The van der Waals surface area contributed by atoms with Crippen LogP contribution in [0.5, 0.6) is 0 Å². The van der Waals surface area contributed by atoms with Gasteiger partial charge in [0, 0.05) is 5.56 Å². The highest BCUT2D eigenvalue weighted by Crippen LogP contribution is 2.32. The van der Waals surface area contributed by atoms with Crippen molar-refractivity contribution in [3.05, 3.63) is 58.4 Å². The quantitative estimate of drug-likeness (QED) is 0.461. The lowest BCUT2D eigenvalue weighted by Crippen LogP contribution is -2.04. The maximum atomic E-state index is 12.4. The van der Waals surface area contributed by atoms with E-state index in [2.05, 4.69) is 15.5 Å². The lowest BCUT2D eigenvalue weighted by Gasteiger charge is -2.01. The van der Waals surface area contributed by atoms with Crippen molar-refractivity contribution in [2.24, 2.45) is 0 Å². The highest BCUT2D eigenvalue weighted by molar-refractivity contribution is 7.12. The second-order valence-corrected chi connectivity index (χ2v) is 6.68. The minimum atomic E-state index is -0.611. The van der Waals surface area contributed by atoms with E-state index in [1.165, 1.54) is 36.4 Å². The SMILES string of the molecule is COC(=O)c1sccc1-n1cc(-c2onc(-c3ccccc3)c2C(=O)OC)nn1. The topological polar surface area (TPSA) is 109 Å². The van der Waals surface area contributed by atoms with E-state index in [9.17, 15) is 9.59 Å². The molecule has 0 saturated heterocycles. The molecule has 0 atom stereocenters. The zero-order valence-electron chi connectivity index (χ0n) is 15.4. The van der Waals surface area contributed by atoms with Crippen LogP contribution in [0.4, 0.5) is 0 Å². The Bertz CT molecular complexity index is 1180. The van der Waals surface area contributed by atoms with Crippen LogP contribution < -0.4 is 0 Å². The Balaban J connectivity index is 1.79. The predicted molar refractivity (Wildman–Crippen MR) is 103 cm³/mol. The van der Waals surface area contributed by atoms with Gasteiger partial charge in [-0.1, -0.05) is 40.7 Å². The fraction of sp³-hybridized carbons (Fsp3) is 0.105. The monoisotopic (exact) mass is 410 g/mol. The summed E-state index contributed by atoms with van der Waals surface area (Å²) in [5.74, 6) is -0.967. The number of aromatic nitrogens is 4. The molecule has 3 heterocycles. The molecule has 3 aromatic heterocycles. The van der Waals surface area contributed by atoms with Crippen LogP contribution in [0.2, 0.25) is 0 Å². The van der Waals surface area contributed by atoms with Gasteiger partial charge in [0.05, 0.1) is 26.1 Å². The maximum Gasteiger partial charge on any atom is 0.350 e. The molecular formula is C19H14N4O5S. The number of rotatable bonds is 5. The van der Waals surface area contributed by atoms with Crippen molar-refractivity contribution in [3.8, 4) is 28.4 Å². The average Bonchev–Trinajstić information content (AvgIpc) is 3.51. The number of thiophene rings is 1. The number of carbonyl (C=O) groups is 2. The summed E-state index contributed by atoms with van der Waals surface area (Å²) in [4.78, 5) is 24.7. The van der Waals surface area contributed by atoms with E-state index in [1.54, 1.807) is 23.6 Å². The van der Waals surface area contributed by atoms with E-state index in [0.717, 1.165) is 0 Å². The first-order chi connectivity index (χ1) is 14.1. The minimum absolute atomic E-state index is 0.122. The summed E-state index contributed by atoms with van der Waals surface area (Å²) in [7, 11) is 2.58. The summed E-state index contributed by atoms with van der Waals surface area (Å²) in [5, 5.41) is 13.9. The van der Waals surface area contributed by atoms with E-state index in [-0.39, 0.29) is 17.0 Å². The van der Waals surface area contributed by atoms with Gasteiger partial charge < -0.3 is 14.0 Å². The number of methoxy groups -OCH3 is 2. The Kier molecular flexibility index (Phi) is 4.92. The highest BCUT2D eigenvalue weighted by atomic mass is 32.1. The van der Waals surface area contributed by atoms with Gasteiger partial charge in [0.2, 0.25) is 5.76 Å². The Hall–Kier alpha value is -3.79. The van der Waals surface area contributed by atoms with E-state index in [1.807, 2.05) is 18.2 Å². The molecule has 0 aliphatic carbocycles. The van der Waals surface area contributed by atoms with Crippen molar-refractivity contribution in [1.29, 1.82) is 0 Å². The molecule has 0 saturated carbocycles. The van der Waals surface area contributed by atoms with Crippen LogP contribution in [0, 0.1) is 0 Å². The van der Waals surface area contributed by atoms with Crippen LogP contribution in [0.1, 0.15) is 20.0 Å². The first-order valence-electron chi connectivity index (χ1n) is 8.36. The van der Waals surface area contributed by atoms with Gasteiger partial charge in [-0.15, -0.1) is 16.4 Å². The van der Waals surface area contributed by atoms with Gasteiger partial charge in [-0.25, -0.2) is 14.3 Å². The second-order valence-electron chi connectivity index (χ2n) is 5.77. The van der Waals surface area contributed by atoms with Crippen molar-refractivity contribution in [2.75, 3.05) is 14.2 Å². The number of hydrogen-bond acceptors (Lipinski definition) is 9. The average molecular weight is 410 g/mol. The summed E-state index contributed by atoms with van der Waals surface area (Å²) in [6.45, 7) is 0. The largest absolute Gasteiger partial charge is 0.465 e. The lowest BCUT2D eigenvalue weighted by atomic mass is 10.1. The molecule has 0 amide bonds. The summed E-state index contributed by atoms with van der Waals surface area (Å²) < 4.78 is 16.5. The smallest absolute Gasteiger partial charge is 0.350 e. The third-order valence-electron chi connectivity index (χ3n) is 4.12. The molecule has 0 aliphatic heterocycles. The minimum Gasteiger partial charge on any atom is -0.465 e. The first kappa shape index (κ1) is 18.6. The number of esters is 2. The molecule has 0 N–H and O–H groups in total. The Morgan fingerprint density at radius 3 is 2.55 bits per heavy atom. The third-order valence-corrected chi connectivity index (χ3v) is 5.00. The van der Waals surface area contributed by atoms with Crippen molar-refractivity contribution >= 4 is 23.3 Å². The number of nitrogens with zero attached hydrogens (tertiary/aromatic N) is 4. The van der Waals surface area contributed by atoms with Crippen molar-refractivity contribution in [3.63, 3.8) is 0 Å². The molecule has 0 bridgehead atoms. The van der Waals surface area contributed by atoms with E-state index >= 15 is 0 Å². The maximum absolute atomic E-state index is 12.4. The van der Waals surface area contributed by atoms with Crippen LogP contribution in [0.25, 0.3) is 28.4 Å². The van der Waals surface area contributed by atoms with Crippen molar-refractivity contribution in [2.45, 2.75) is 0 Å². The zero-order valence-corrected chi connectivity index (χ0v) is 16.2. The standard InChI is InChI=1S/C19H14N4O5S/c1-26-18(24)14-15(11-6-4-3-5-7-11)21-28-16(14)12-10-23(22-20-12)13-8-9-29-17(13)19(25)27-2/h3-10H,1-2H3. The molecule has 4 rings (SSSR count). The van der Waals surface area contributed by atoms with Gasteiger partial charge in [-0.3, -0.25) is 0 Å². The van der Waals surface area contributed by atoms with Gasteiger partial charge >= 0.3 is 11.9 Å². The molecule has 10 heteroatoms. The van der Waals surface area contributed by atoms with Crippen LogP contribution in [0.3, 0.4) is 0 Å². The first-order valence-corrected chi connectivity index (χ1v) is 9.24. The fourth-order valence-electron chi connectivity index (χ4n) is 2.76. The lowest BCUT2D eigenvalue weighted by molar-refractivity contribution is 0.0594. The van der Waals surface area contributed by atoms with Gasteiger partial charge in [0.1, 0.15) is 16.1 Å². The summed E-state index contributed by atoms with van der Waals surface area (Å²) in [5.41, 5.74) is 1.95. The van der Waals surface area contributed by atoms with Gasteiger partial charge in [0.15, 0.2) is 5.69 Å². The van der Waals surface area contributed by atoms with Crippen molar-refractivity contribution in [1.82, 2.24) is 20.2 Å². The van der Waals surface area contributed by atoms with Crippen molar-refractivity contribution < 1.29 is 23.6 Å². The Morgan fingerprint density at radius 1 is 1.07 bits per heavy atom. The summed E-state index contributed by atoms with van der Waals surface area (Å²) in [6, 6.07) is 10.8. The molecule has 1 aromatic carbocycles. The molecule has 0 unspecified atom stereocenters. The van der Waals surface area contributed by atoms with Crippen LogP contribution in [0.15, 0.2) is 52.5 Å². The number of hydrogen-bond donors (Lipinski definition) is 0. The summed E-state index contributed by atoms with van der Waals surface area (Å²) in [6.07, 6.45) is 1.54. The van der Waals surface area contributed by atoms with Crippen LogP contribution >= 0.6 is 11.3 Å². The molecule has 146 valence electrons. The molecule has 0 aliphatic rings. The second kappa shape index (κ2) is 7.68. The van der Waals surface area contributed by atoms with Crippen LogP contribution in [-0.2, 0) is 9.47 Å². The highest BCUT2D eigenvalue weighted by Gasteiger charge is 2.28. The Morgan fingerprint density at radius 2 is 1.83 bits per heavy atom. The number of ether oxygens (including phenoxy) is 2. The molecule has 0 fully saturated rings. The molecule has 4 aromatic rings. The molecule has 0 spiro atoms. The number of carbonyl (C=O) groups excluding carboxylic acids is 2. The zero-order chi connectivity index (χ0) is 20.4. The fourth-order valence-corrected chi connectivity index (χ4v) is 3.56. The third kappa shape index (κ3) is 3.29. The summed E-state index contributed by atoms with van der Waals surface area (Å²) >= 11 is 1.22. The molecule has 9 nitrogen and oxygen atoms in total. The normalized spacial score (nSPS) is 10.7. The molecule has 29 heavy (non-hydrogen) atoms. The molecular weight excluding hydrogens is 396 g/mol. The number of benzene rings is 1. The van der Waals surface area contributed by atoms with E-state index in [4.69, 9.17) is 14.0 Å². The van der Waals surface area contributed by atoms with Crippen LogP contribution in [-0.4, -0.2) is 46.3 Å². The van der Waals surface area contributed by atoms with Gasteiger partial charge in [-0.05, 0) is 11.4 Å². The predicted octanol–water partition coefficient (Wildman–Crippen LogP) is 3.22.